The van der Waals surface area contributed by atoms with Gasteiger partial charge in [-0.15, -0.1) is 11.8 Å². The molecule has 1 aromatic heterocycles. The molecule has 0 spiro atoms. The minimum atomic E-state index is 0.361. The van der Waals surface area contributed by atoms with E-state index in [9.17, 15) is 0 Å². The largest absolute Gasteiger partial charge is 0.377 e. The van der Waals surface area contributed by atoms with Crippen molar-refractivity contribution in [2.45, 2.75) is 42.9 Å². The Morgan fingerprint density at radius 3 is 3.18 bits per heavy atom. The van der Waals surface area contributed by atoms with E-state index in [4.69, 9.17) is 4.74 Å². The first-order valence-electron chi connectivity index (χ1n) is 6.27. The van der Waals surface area contributed by atoms with Gasteiger partial charge in [0.1, 0.15) is 5.82 Å². The van der Waals surface area contributed by atoms with Gasteiger partial charge in [-0.2, -0.15) is 0 Å². The summed E-state index contributed by atoms with van der Waals surface area (Å²) in [4.78, 5) is 5.59. The minimum absolute atomic E-state index is 0.361. The van der Waals surface area contributed by atoms with E-state index in [-0.39, 0.29) is 0 Å². The lowest BCUT2D eigenvalue weighted by Crippen LogP contribution is -2.13. The fourth-order valence-electron chi connectivity index (χ4n) is 1.88. The van der Waals surface area contributed by atoms with E-state index >= 15 is 0 Å². The molecule has 1 aliphatic rings. The lowest BCUT2D eigenvalue weighted by Gasteiger charge is -2.14. The summed E-state index contributed by atoms with van der Waals surface area (Å²) in [7, 11) is 0. The van der Waals surface area contributed by atoms with Gasteiger partial charge in [0.2, 0.25) is 0 Å². The number of nitrogens with zero attached hydrogens (tertiary/aromatic N) is 1. The van der Waals surface area contributed by atoms with Crippen molar-refractivity contribution >= 4 is 17.6 Å². The van der Waals surface area contributed by atoms with Crippen LogP contribution in [-0.2, 0) is 4.74 Å². The van der Waals surface area contributed by atoms with E-state index in [2.05, 4.69) is 36.3 Å². The molecule has 3 nitrogen and oxygen atoms in total. The number of ether oxygens (including phenoxy) is 1. The van der Waals surface area contributed by atoms with Crippen molar-refractivity contribution in [3.63, 3.8) is 0 Å². The van der Waals surface area contributed by atoms with Crippen LogP contribution in [0.4, 0.5) is 5.82 Å². The number of pyridine rings is 1. The molecule has 0 aromatic carbocycles. The number of hydrogen-bond donors (Lipinski definition) is 1. The van der Waals surface area contributed by atoms with Crippen LogP contribution in [0.25, 0.3) is 0 Å². The molecule has 4 heteroatoms. The Balaban J connectivity index is 1.95. The predicted molar refractivity (Wildman–Crippen MR) is 72.7 cm³/mol. The van der Waals surface area contributed by atoms with E-state index in [1.54, 1.807) is 0 Å². The highest BCUT2D eigenvalue weighted by atomic mass is 32.2. The van der Waals surface area contributed by atoms with Crippen LogP contribution in [-0.4, -0.2) is 29.5 Å². The first-order chi connectivity index (χ1) is 8.29. The first-order valence-corrected chi connectivity index (χ1v) is 7.15. The summed E-state index contributed by atoms with van der Waals surface area (Å²) in [6, 6.07) is 4.21. The zero-order chi connectivity index (χ0) is 12.1. The maximum atomic E-state index is 5.58. The highest BCUT2D eigenvalue weighted by Gasteiger charge is 2.25. The van der Waals surface area contributed by atoms with Crippen molar-refractivity contribution in [3.8, 4) is 0 Å². The summed E-state index contributed by atoms with van der Waals surface area (Å²) in [6.45, 7) is 6.18. The average molecular weight is 252 g/mol. The van der Waals surface area contributed by atoms with Gasteiger partial charge in [-0.05, 0) is 31.9 Å². The second-order valence-corrected chi connectivity index (χ2v) is 5.64. The van der Waals surface area contributed by atoms with Crippen LogP contribution in [0, 0.1) is 0 Å². The fraction of sp³-hybridized carbons (Fsp3) is 0.615. The van der Waals surface area contributed by atoms with Gasteiger partial charge in [0, 0.05) is 29.5 Å². The predicted octanol–water partition coefficient (Wildman–Crippen LogP) is 3.17. The van der Waals surface area contributed by atoms with Gasteiger partial charge in [-0.3, -0.25) is 0 Å². The molecule has 2 atom stereocenters. The van der Waals surface area contributed by atoms with Crippen molar-refractivity contribution in [1.29, 1.82) is 0 Å². The van der Waals surface area contributed by atoms with Crippen molar-refractivity contribution in [3.05, 3.63) is 18.3 Å². The molecule has 17 heavy (non-hydrogen) atoms. The van der Waals surface area contributed by atoms with Crippen LogP contribution in [0.5, 0.6) is 0 Å². The second kappa shape index (κ2) is 6.26. The molecule has 94 valence electrons. The molecule has 0 radical (unpaired) electrons. The molecule has 2 heterocycles. The molecule has 1 N–H and O–H groups in total. The molecule has 2 rings (SSSR count). The second-order valence-electron chi connectivity index (χ2n) is 4.32. The number of aromatic nitrogens is 1. The Kier molecular flexibility index (Phi) is 4.68. The summed E-state index contributed by atoms with van der Waals surface area (Å²) in [5.74, 6) is 0.975. The summed E-state index contributed by atoms with van der Waals surface area (Å²) >= 11 is 1.90. The van der Waals surface area contributed by atoms with Gasteiger partial charge in [-0.1, -0.05) is 6.92 Å². The van der Waals surface area contributed by atoms with Crippen molar-refractivity contribution in [2.75, 3.05) is 18.5 Å². The van der Waals surface area contributed by atoms with Gasteiger partial charge >= 0.3 is 0 Å². The van der Waals surface area contributed by atoms with Crippen LogP contribution >= 0.6 is 11.8 Å². The Bertz CT molecular complexity index is 359. The third kappa shape index (κ3) is 3.61. The Morgan fingerprint density at radius 2 is 2.47 bits per heavy atom. The van der Waals surface area contributed by atoms with Crippen molar-refractivity contribution in [2.24, 2.45) is 0 Å². The van der Waals surface area contributed by atoms with E-state index in [0.29, 0.717) is 11.4 Å². The summed E-state index contributed by atoms with van der Waals surface area (Å²) in [5, 5.41) is 3.90. The lowest BCUT2D eigenvalue weighted by atomic mass is 10.3. The topological polar surface area (TPSA) is 34.1 Å². The molecule has 0 amide bonds. The normalized spacial score (nSPS) is 23.9. The summed E-state index contributed by atoms with van der Waals surface area (Å²) in [5.41, 5.74) is 0. The molecule has 2 unspecified atom stereocenters. The SMILES string of the molecule is CCCNc1cc(SC2CCOC2C)ccn1. The molecule has 0 aliphatic carbocycles. The smallest absolute Gasteiger partial charge is 0.126 e. The molecule has 1 aromatic rings. The molecule has 0 saturated carbocycles. The molecule has 1 saturated heterocycles. The number of rotatable bonds is 5. The third-order valence-electron chi connectivity index (χ3n) is 2.88. The molecular formula is C13H20N2OS. The van der Waals surface area contributed by atoms with Gasteiger partial charge in [-0.25, -0.2) is 4.98 Å². The monoisotopic (exact) mass is 252 g/mol. The standard InChI is InChI=1S/C13H20N2OS/c1-3-6-14-13-9-11(4-7-15-13)17-12-5-8-16-10(12)2/h4,7,9-10,12H,3,5-6,8H2,1-2H3,(H,14,15). The highest BCUT2D eigenvalue weighted by molar-refractivity contribution is 8.00. The maximum absolute atomic E-state index is 5.58. The van der Waals surface area contributed by atoms with Crippen LogP contribution in [0.15, 0.2) is 23.2 Å². The average Bonchev–Trinajstić information content (AvgIpc) is 2.73. The quantitative estimate of drug-likeness (QED) is 0.873. The fourth-order valence-corrected chi connectivity index (χ4v) is 3.03. The van der Waals surface area contributed by atoms with E-state index in [1.807, 2.05) is 18.0 Å². The van der Waals surface area contributed by atoms with Crippen LogP contribution in [0.3, 0.4) is 0 Å². The molecule has 1 aliphatic heterocycles. The number of thioether (sulfide) groups is 1. The van der Waals surface area contributed by atoms with Crippen LogP contribution in [0.2, 0.25) is 0 Å². The molecule has 1 fully saturated rings. The summed E-state index contributed by atoms with van der Waals surface area (Å²) in [6.07, 6.45) is 4.50. The Hall–Kier alpha value is -0.740. The molecule has 0 bridgehead atoms. The van der Waals surface area contributed by atoms with Gasteiger partial charge < -0.3 is 10.1 Å². The van der Waals surface area contributed by atoms with Gasteiger partial charge in [0.05, 0.1) is 6.10 Å². The zero-order valence-electron chi connectivity index (χ0n) is 10.5. The van der Waals surface area contributed by atoms with Gasteiger partial charge in [0.25, 0.3) is 0 Å². The Labute approximate surface area is 107 Å². The van der Waals surface area contributed by atoms with Crippen LogP contribution in [0.1, 0.15) is 26.7 Å². The van der Waals surface area contributed by atoms with Gasteiger partial charge in [0.15, 0.2) is 0 Å². The van der Waals surface area contributed by atoms with E-state index < -0.39 is 0 Å². The number of hydrogen-bond acceptors (Lipinski definition) is 4. The first kappa shape index (κ1) is 12.7. The van der Waals surface area contributed by atoms with E-state index in [1.165, 1.54) is 4.90 Å². The van der Waals surface area contributed by atoms with Crippen molar-refractivity contribution < 1.29 is 4.74 Å². The Morgan fingerprint density at radius 1 is 1.59 bits per heavy atom. The van der Waals surface area contributed by atoms with Crippen molar-refractivity contribution in [1.82, 2.24) is 4.98 Å². The molecular weight excluding hydrogens is 232 g/mol. The van der Waals surface area contributed by atoms with E-state index in [0.717, 1.165) is 31.8 Å². The minimum Gasteiger partial charge on any atom is -0.377 e. The highest BCUT2D eigenvalue weighted by Crippen LogP contribution is 2.32. The lowest BCUT2D eigenvalue weighted by molar-refractivity contribution is 0.127. The number of anilines is 1. The maximum Gasteiger partial charge on any atom is 0.126 e. The van der Waals surface area contributed by atoms with Crippen LogP contribution < -0.4 is 5.32 Å². The number of nitrogens with one attached hydrogen (secondary N) is 1. The third-order valence-corrected chi connectivity index (χ3v) is 4.33. The summed E-state index contributed by atoms with van der Waals surface area (Å²) < 4.78 is 5.58. The zero-order valence-corrected chi connectivity index (χ0v) is 11.3.